The third kappa shape index (κ3) is 1.21. The number of tetrazole rings is 1. The van der Waals surface area contributed by atoms with Gasteiger partial charge >= 0.3 is 0 Å². The molecule has 0 aliphatic heterocycles. The smallest absolute Gasteiger partial charge is 0.205 e. The Morgan fingerprint density at radius 2 is 2.44 bits per heavy atom. The van der Waals surface area contributed by atoms with Crippen molar-refractivity contribution < 1.29 is 10.2 Å². The van der Waals surface area contributed by atoms with Gasteiger partial charge in [0.2, 0.25) is 5.82 Å². The number of rotatable bonds is 2. The summed E-state index contributed by atoms with van der Waals surface area (Å²) in [6, 6.07) is 0. The van der Waals surface area contributed by atoms with Crippen molar-refractivity contribution in [1.82, 2.24) is 20.6 Å². The molecule has 0 radical (unpaired) electrons. The second-order valence-corrected chi connectivity index (χ2v) is 1.47. The second-order valence-electron chi connectivity index (χ2n) is 1.47. The standard InChI is InChI=1S/C3H6N4O2/c8-1-2(9)3-4-6-7-5-3/h2,8-9H,1H2,(H,4,5,6,7)/t2-/m0/s1. The van der Waals surface area contributed by atoms with Crippen LogP contribution in [0.4, 0.5) is 0 Å². The van der Waals surface area contributed by atoms with E-state index in [9.17, 15) is 0 Å². The van der Waals surface area contributed by atoms with Gasteiger partial charge in [0.25, 0.3) is 0 Å². The van der Waals surface area contributed by atoms with E-state index in [1.165, 1.54) is 0 Å². The fourth-order valence-corrected chi connectivity index (χ4v) is 0.392. The van der Waals surface area contributed by atoms with Gasteiger partial charge < -0.3 is 10.2 Å². The maximum absolute atomic E-state index is 8.78. The van der Waals surface area contributed by atoms with Crippen molar-refractivity contribution in [2.75, 3.05) is 6.61 Å². The molecule has 0 saturated carbocycles. The summed E-state index contributed by atoms with van der Waals surface area (Å²) in [5, 5.41) is 29.3. The minimum atomic E-state index is -1.02. The average Bonchev–Trinajstić information content (AvgIpc) is 2.37. The maximum Gasteiger partial charge on any atom is 0.205 e. The molecule has 0 unspecified atom stereocenters. The predicted molar refractivity (Wildman–Crippen MR) is 26.2 cm³/mol. The van der Waals surface area contributed by atoms with Crippen molar-refractivity contribution in [1.29, 1.82) is 0 Å². The Morgan fingerprint density at radius 1 is 1.67 bits per heavy atom. The average molecular weight is 130 g/mol. The highest BCUT2D eigenvalue weighted by atomic mass is 16.3. The molecule has 3 N–H and O–H groups in total. The number of nitrogens with one attached hydrogen (secondary N) is 1. The molecule has 0 aliphatic rings. The molecule has 0 bridgehead atoms. The van der Waals surface area contributed by atoms with Crippen LogP contribution in [0.5, 0.6) is 0 Å². The first kappa shape index (κ1) is 6.12. The van der Waals surface area contributed by atoms with Gasteiger partial charge in [0.1, 0.15) is 6.10 Å². The van der Waals surface area contributed by atoms with Gasteiger partial charge in [-0.2, -0.15) is 5.21 Å². The lowest BCUT2D eigenvalue weighted by atomic mass is 10.4. The molecule has 0 amide bonds. The molecule has 6 nitrogen and oxygen atoms in total. The van der Waals surface area contributed by atoms with E-state index in [-0.39, 0.29) is 12.4 Å². The third-order valence-electron chi connectivity index (χ3n) is 0.833. The van der Waals surface area contributed by atoms with Gasteiger partial charge in [-0.25, -0.2) is 0 Å². The molecule has 1 aromatic heterocycles. The molecular weight excluding hydrogens is 124 g/mol. The van der Waals surface area contributed by atoms with Gasteiger partial charge in [-0.3, -0.25) is 0 Å². The van der Waals surface area contributed by atoms with E-state index >= 15 is 0 Å². The van der Waals surface area contributed by atoms with Gasteiger partial charge in [0, 0.05) is 0 Å². The van der Waals surface area contributed by atoms with E-state index < -0.39 is 6.10 Å². The lowest BCUT2D eigenvalue weighted by molar-refractivity contribution is 0.0886. The highest BCUT2D eigenvalue weighted by Gasteiger charge is 2.08. The summed E-state index contributed by atoms with van der Waals surface area (Å²) < 4.78 is 0. The number of aromatic amines is 1. The van der Waals surface area contributed by atoms with Crippen molar-refractivity contribution in [3.63, 3.8) is 0 Å². The lowest BCUT2D eigenvalue weighted by Gasteiger charge is -1.96. The molecule has 6 heteroatoms. The van der Waals surface area contributed by atoms with Crippen LogP contribution in [0.15, 0.2) is 0 Å². The molecule has 9 heavy (non-hydrogen) atoms. The number of aromatic nitrogens is 4. The first-order chi connectivity index (χ1) is 4.34. The van der Waals surface area contributed by atoms with Crippen molar-refractivity contribution >= 4 is 0 Å². The summed E-state index contributed by atoms with van der Waals surface area (Å²) >= 11 is 0. The molecule has 1 aromatic rings. The van der Waals surface area contributed by atoms with Gasteiger partial charge in [0.15, 0.2) is 0 Å². The number of hydrogen-bond acceptors (Lipinski definition) is 5. The fourth-order valence-electron chi connectivity index (χ4n) is 0.392. The zero-order valence-electron chi connectivity index (χ0n) is 4.52. The lowest BCUT2D eigenvalue weighted by Crippen LogP contribution is -2.04. The van der Waals surface area contributed by atoms with Crippen molar-refractivity contribution in [2.45, 2.75) is 6.10 Å². The molecule has 0 aliphatic carbocycles. The molecule has 1 atom stereocenters. The van der Waals surface area contributed by atoms with Gasteiger partial charge in [0.05, 0.1) is 6.61 Å². The van der Waals surface area contributed by atoms with E-state index in [4.69, 9.17) is 10.2 Å². The molecule has 0 saturated heterocycles. The molecule has 50 valence electrons. The van der Waals surface area contributed by atoms with Crippen molar-refractivity contribution in [3.05, 3.63) is 5.82 Å². The zero-order valence-corrected chi connectivity index (χ0v) is 4.52. The highest BCUT2D eigenvalue weighted by Crippen LogP contribution is 2.00. The molecule has 0 fully saturated rings. The van der Waals surface area contributed by atoms with Crippen LogP contribution < -0.4 is 0 Å². The summed E-state index contributed by atoms with van der Waals surface area (Å²) in [4.78, 5) is 0. The Labute approximate surface area is 50.5 Å². The van der Waals surface area contributed by atoms with E-state index in [1.807, 2.05) is 0 Å². The zero-order chi connectivity index (χ0) is 6.69. The quantitative estimate of drug-likeness (QED) is 0.440. The summed E-state index contributed by atoms with van der Waals surface area (Å²) in [6.45, 7) is -0.389. The van der Waals surface area contributed by atoms with Crippen LogP contribution in [0.3, 0.4) is 0 Å². The number of H-pyrrole nitrogens is 1. The van der Waals surface area contributed by atoms with Crippen LogP contribution in [0.1, 0.15) is 11.9 Å². The summed E-state index contributed by atoms with van der Waals surface area (Å²) in [7, 11) is 0. The Bertz CT molecular complexity index is 162. The monoisotopic (exact) mass is 130 g/mol. The molecule has 0 spiro atoms. The van der Waals surface area contributed by atoms with Gasteiger partial charge in [-0.05, 0) is 0 Å². The van der Waals surface area contributed by atoms with Gasteiger partial charge in [-0.15, -0.1) is 10.2 Å². The van der Waals surface area contributed by atoms with Crippen molar-refractivity contribution in [3.8, 4) is 0 Å². The van der Waals surface area contributed by atoms with Crippen LogP contribution >= 0.6 is 0 Å². The maximum atomic E-state index is 8.78. The van der Waals surface area contributed by atoms with Crippen LogP contribution in [0.2, 0.25) is 0 Å². The molecule has 1 heterocycles. The number of nitrogens with zero attached hydrogens (tertiary/aromatic N) is 3. The molecule has 1 rings (SSSR count). The highest BCUT2D eigenvalue weighted by molar-refractivity contribution is 4.81. The summed E-state index contributed by atoms with van der Waals surface area (Å²) in [6.07, 6.45) is -1.02. The largest absolute Gasteiger partial charge is 0.393 e. The van der Waals surface area contributed by atoms with E-state index in [2.05, 4.69) is 20.6 Å². The number of hydrogen-bond donors (Lipinski definition) is 3. The topological polar surface area (TPSA) is 94.9 Å². The SMILES string of the molecule is OC[C@H](O)c1nn[nH]n1. The normalized spacial score (nSPS) is 13.6. The minimum absolute atomic E-state index is 0.109. The van der Waals surface area contributed by atoms with E-state index in [0.29, 0.717) is 0 Å². The summed E-state index contributed by atoms with van der Waals surface area (Å²) in [5.74, 6) is 0.109. The first-order valence-electron chi connectivity index (χ1n) is 2.37. The van der Waals surface area contributed by atoms with Crippen LogP contribution in [0, 0.1) is 0 Å². The van der Waals surface area contributed by atoms with Crippen LogP contribution in [-0.2, 0) is 0 Å². The Balaban J connectivity index is 2.65. The van der Waals surface area contributed by atoms with Crippen LogP contribution in [-0.4, -0.2) is 37.4 Å². The predicted octanol–water partition coefficient (Wildman–Crippen LogP) is -1.77. The summed E-state index contributed by atoms with van der Waals surface area (Å²) in [5.41, 5.74) is 0. The van der Waals surface area contributed by atoms with Crippen molar-refractivity contribution in [2.24, 2.45) is 0 Å². The third-order valence-corrected chi connectivity index (χ3v) is 0.833. The second kappa shape index (κ2) is 2.51. The number of aliphatic hydroxyl groups is 2. The Kier molecular flexibility index (Phi) is 1.71. The fraction of sp³-hybridized carbons (Fsp3) is 0.667. The van der Waals surface area contributed by atoms with Crippen LogP contribution in [0.25, 0.3) is 0 Å². The molecular formula is C3H6N4O2. The molecule has 0 aromatic carbocycles. The van der Waals surface area contributed by atoms with Gasteiger partial charge in [-0.1, -0.05) is 5.21 Å². The van der Waals surface area contributed by atoms with E-state index in [1.54, 1.807) is 0 Å². The first-order valence-corrected chi connectivity index (χ1v) is 2.37. The number of aliphatic hydroxyl groups excluding tert-OH is 2. The minimum Gasteiger partial charge on any atom is -0.393 e. The van der Waals surface area contributed by atoms with E-state index in [0.717, 1.165) is 0 Å². The Hall–Kier alpha value is -1.01. The Morgan fingerprint density at radius 3 is 2.89 bits per heavy atom.